The molecule has 0 unspecified atom stereocenters. The fourth-order valence-electron chi connectivity index (χ4n) is 2.16. The molecule has 0 spiro atoms. The van der Waals surface area contributed by atoms with Crippen molar-refractivity contribution in [1.82, 2.24) is 13.6 Å². The number of aliphatic carboxylic acids is 1. The number of fused-ring (bicyclic) bond motifs is 1. The third-order valence-corrected chi connectivity index (χ3v) is 3.76. The second-order valence-corrected chi connectivity index (χ2v) is 5.58. The molecule has 0 saturated heterocycles. The number of carboxylic acids is 1. The maximum Gasteiger partial charge on any atom is 0.305 e. The van der Waals surface area contributed by atoms with Gasteiger partial charge in [-0.3, -0.25) is 9.59 Å². The Labute approximate surface area is 126 Å². The average Bonchev–Trinajstić information content (AvgIpc) is 2.87. The van der Waals surface area contributed by atoms with Crippen molar-refractivity contribution in [2.45, 2.75) is 32.7 Å². The zero-order chi connectivity index (χ0) is 15.4. The van der Waals surface area contributed by atoms with Crippen LogP contribution in [0.5, 0.6) is 0 Å². The molecule has 1 heterocycles. The van der Waals surface area contributed by atoms with E-state index in [0.717, 1.165) is 28.3 Å². The van der Waals surface area contributed by atoms with Crippen molar-refractivity contribution in [2.75, 3.05) is 6.54 Å². The van der Waals surface area contributed by atoms with E-state index in [2.05, 4.69) is 8.75 Å². The maximum atomic E-state index is 12.4. The molecule has 0 atom stereocenters. The van der Waals surface area contributed by atoms with Crippen molar-refractivity contribution >= 4 is 34.6 Å². The van der Waals surface area contributed by atoms with Crippen LogP contribution in [-0.4, -0.2) is 43.2 Å². The third-order valence-electron chi connectivity index (χ3n) is 3.22. The molecule has 0 aliphatic carbocycles. The Morgan fingerprint density at radius 2 is 2.10 bits per heavy atom. The fraction of sp³-hybridized carbons (Fsp3) is 0.429. The number of nitrogens with zero attached hydrogens (tertiary/aromatic N) is 3. The number of carboxylic acid groups (broad SMARTS) is 1. The Morgan fingerprint density at radius 3 is 2.76 bits per heavy atom. The van der Waals surface area contributed by atoms with Gasteiger partial charge in [-0.2, -0.15) is 8.75 Å². The summed E-state index contributed by atoms with van der Waals surface area (Å²) < 4.78 is 8.37. The van der Waals surface area contributed by atoms with Gasteiger partial charge in [0.2, 0.25) is 5.91 Å². The van der Waals surface area contributed by atoms with E-state index >= 15 is 0 Å². The predicted octanol–water partition coefficient (Wildman–Crippen LogP) is 1.95. The maximum absolute atomic E-state index is 12.4. The molecule has 0 saturated carbocycles. The van der Waals surface area contributed by atoms with Crippen LogP contribution in [0.1, 0.15) is 25.8 Å². The van der Waals surface area contributed by atoms with Crippen LogP contribution >= 0.6 is 11.7 Å². The molecule has 0 bridgehead atoms. The molecule has 1 N–H and O–H groups in total. The Morgan fingerprint density at radius 1 is 1.33 bits per heavy atom. The summed E-state index contributed by atoms with van der Waals surface area (Å²) in [4.78, 5) is 24.7. The first kappa shape index (κ1) is 15.4. The minimum atomic E-state index is -0.903. The monoisotopic (exact) mass is 307 g/mol. The molecule has 21 heavy (non-hydrogen) atoms. The van der Waals surface area contributed by atoms with Crippen molar-refractivity contribution in [3.63, 3.8) is 0 Å². The SMILES string of the molecule is CC(C)N(CCC(=O)O)C(=O)Cc1cccc2nsnc12. The van der Waals surface area contributed by atoms with E-state index in [4.69, 9.17) is 5.11 Å². The first-order valence-electron chi connectivity index (χ1n) is 6.70. The van der Waals surface area contributed by atoms with Crippen molar-refractivity contribution in [2.24, 2.45) is 0 Å². The molecule has 2 rings (SSSR count). The van der Waals surface area contributed by atoms with E-state index in [1.54, 1.807) is 4.90 Å². The number of rotatable bonds is 6. The van der Waals surface area contributed by atoms with E-state index in [1.807, 2.05) is 32.0 Å². The number of hydrogen-bond acceptors (Lipinski definition) is 5. The molecule has 1 amide bonds. The smallest absolute Gasteiger partial charge is 0.305 e. The minimum Gasteiger partial charge on any atom is -0.481 e. The predicted molar refractivity (Wildman–Crippen MR) is 80.2 cm³/mol. The number of amides is 1. The third kappa shape index (κ3) is 3.75. The Kier molecular flexibility index (Phi) is 4.85. The molecule has 0 aliphatic rings. The summed E-state index contributed by atoms with van der Waals surface area (Å²) in [5, 5.41) is 8.77. The van der Waals surface area contributed by atoms with Gasteiger partial charge in [0.1, 0.15) is 11.0 Å². The van der Waals surface area contributed by atoms with E-state index in [9.17, 15) is 9.59 Å². The van der Waals surface area contributed by atoms with Crippen LogP contribution < -0.4 is 0 Å². The quantitative estimate of drug-likeness (QED) is 0.882. The molecule has 1 aromatic carbocycles. The summed E-state index contributed by atoms with van der Waals surface area (Å²) in [5.41, 5.74) is 2.36. The van der Waals surface area contributed by atoms with Crippen molar-refractivity contribution < 1.29 is 14.7 Å². The first-order chi connectivity index (χ1) is 9.99. The van der Waals surface area contributed by atoms with Crippen LogP contribution in [0.4, 0.5) is 0 Å². The minimum absolute atomic E-state index is 0.0374. The van der Waals surface area contributed by atoms with E-state index < -0.39 is 5.97 Å². The molecular weight excluding hydrogens is 290 g/mol. The number of aromatic nitrogens is 2. The highest BCUT2D eigenvalue weighted by atomic mass is 32.1. The van der Waals surface area contributed by atoms with E-state index in [-0.39, 0.29) is 31.3 Å². The van der Waals surface area contributed by atoms with Crippen LogP contribution in [0.25, 0.3) is 11.0 Å². The second kappa shape index (κ2) is 6.62. The Hall–Kier alpha value is -2.02. The highest BCUT2D eigenvalue weighted by Gasteiger charge is 2.19. The van der Waals surface area contributed by atoms with Gasteiger partial charge in [0.05, 0.1) is 24.6 Å². The van der Waals surface area contributed by atoms with Crippen molar-refractivity contribution in [1.29, 1.82) is 0 Å². The number of carbonyl (C=O) groups excluding carboxylic acids is 1. The highest BCUT2D eigenvalue weighted by Crippen LogP contribution is 2.18. The van der Waals surface area contributed by atoms with Gasteiger partial charge in [0.15, 0.2) is 0 Å². The summed E-state index contributed by atoms with van der Waals surface area (Å²) in [6.45, 7) is 3.98. The molecule has 6 nitrogen and oxygen atoms in total. The summed E-state index contributed by atoms with van der Waals surface area (Å²) in [6, 6.07) is 5.53. The molecule has 0 fully saturated rings. The Balaban J connectivity index is 2.14. The van der Waals surface area contributed by atoms with Gasteiger partial charge in [-0.1, -0.05) is 12.1 Å². The van der Waals surface area contributed by atoms with E-state index in [1.165, 1.54) is 0 Å². The molecule has 112 valence electrons. The van der Waals surface area contributed by atoms with Gasteiger partial charge in [-0.25, -0.2) is 0 Å². The lowest BCUT2D eigenvalue weighted by molar-refractivity contribution is -0.139. The summed E-state index contributed by atoms with van der Waals surface area (Å²) in [5.74, 6) is -0.994. The highest BCUT2D eigenvalue weighted by molar-refractivity contribution is 7.00. The largest absolute Gasteiger partial charge is 0.481 e. The van der Waals surface area contributed by atoms with Crippen LogP contribution in [0.3, 0.4) is 0 Å². The molecule has 1 aromatic heterocycles. The zero-order valence-corrected chi connectivity index (χ0v) is 12.8. The average molecular weight is 307 g/mol. The van der Waals surface area contributed by atoms with Crippen LogP contribution in [-0.2, 0) is 16.0 Å². The van der Waals surface area contributed by atoms with Gasteiger partial charge in [-0.05, 0) is 25.5 Å². The standard InChI is InChI=1S/C14H17N3O3S/c1-9(2)17(7-6-13(19)20)12(18)8-10-4-3-5-11-14(10)16-21-15-11/h3-5,9H,6-8H2,1-2H3,(H,19,20). The lowest BCUT2D eigenvalue weighted by Crippen LogP contribution is -2.39. The second-order valence-electron chi connectivity index (χ2n) is 5.05. The number of benzene rings is 1. The lowest BCUT2D eigenvalue weighted by Gasteiger charge is -2.26. The normalized spacial score (nSPS) is 11.0. The molecule has 7 heteroatoms. The van der Waals surface area contributed by atoms with Gasteiger partial charge in [0, 0.05) is 12.6 Å². The summed E-state index contributed by atoms with van der Waals surface area (Å²) in [6.07, 6.45) is 0.160. The lowest BCUT2D eigenvalue weighted by atomic mass is 10.1. The van der Waals surface area contributed by atoms with Gasteiger partial charge in [0.25, 0.3) is 0 Å². The number of hydrogen-bond donors (Lipinski definition) is 1. The van der Waals surface area contributed by atoms with Crippen molar-refractivity contribution in [3.8, 4) is 0 Å². The topological polar surface area (TPSA) is 83.4 Å². The molecular formula is C14H17N3O3S. The molecule has 0 radical (unpaired) electrons. The van der Waals surface area contributed by atoms with Gasteiger partial charge < -0.3 is 10.0 Å². The first-order valence-corrected chi connectivity index (χ1v) is 7.43. The van der Waals surface area contributed by atoms with Crippen LogP contribution in [0, 0.1) is 0 Å². The molecule has 0 aliphatic heterocycles. The molecule has 2 aromatic rings. The Bertz CT molecular complexity index is 654. The van der Waals surface area contributed by atoms with E-state index in [0.29, 0.717) is 0 Å². The van der Waals surface area contributed by atoms with Gasteiger partial charge in [-0.15, -0.1) is 0 Å². The van der Waals surface area contributed by atoms with Crippen molar-refractivity contribution in [3.05, 3.63) is 23.8 Å². The fourth-order valence-corrected chi connectivity index (χ4v) is 2.72. The summed E-state index contributed by atoms with van der Waals surface area (Å²) >= 11 is 1.12. The van der Waals surface area contributed by atoms with Crippen LogP contribution in [0.15, 0.2) is 18.2 Å². The number of carbonyl (C=O) groups is 2. The van der Waals surface area contributed by atoms with Gasteiger partial charge >= 0.3 is 5.97 Å². The zero-order valence-electron chi connectivity index (χ0n) is 11.9. The summed E-state index contributed by atoms with van der Waals surface area (Å²) in [7, 11) is 0. The van der Waals surface area contributed by atoms with Crippen LogP contribution in [0.2, 0.25) is 0 Å².